The van der Waals surface area contributed by atoms with Crippen LogP contribution in [0.25, 0.3) is 0 Å². The van der Waals surface area contributed by atoms with E-state index in [9.17, 15) is 9.59 Å². The number of amides is 1. The van der Waals surface area contributed by atoms with Gasteiger partial charge in [-0.05, 0) is 43.2 Å². The van der Waals surface area contributed by atoms with Gasteiger partial charge < -0.3 is 10.1 Å². The Labute approximate surface area is 147 Å². The molecular weight excluding hydrogens is 316 g/mol. The zero-order valence-corrected chi connectivity index (χ0v) is 14.2. The molecule has 0 unspecified atom stereocenters. The first kappa shape index (κ1) is 18.2. The molecule has 128 valence electrons. The molecule has 0 aromatic heterocycles. The van der Waals surface area contributed by atoms with Crippen molar-refractivity contribution in [3.8, 4) is 6.07 Å². The van der Waals surface area contributed by atoms with Crippen molar-refractivity contribution in [3.63, 3.8) is 0 Å². The van der Waals surface area contributed by atoms with Crippen molar-refractivity contribution >= 4 is 17.6 Å². The molecule has 2 rings (SSSR count). The number of anilines is 1. The summed E-state index contributed by atoms with van der Waals surface area (Å²) in [5.41, 5.74) is 1.92. The SMILES string of the molecule is CC[C@H](C(=O)O[C@H](C)C(=O)Nc1ccc(C#N)cc1)c1ccccc1. The van der Waals surface area contributed by atoms with Crippen LogP contribution >= 0.6 is 0 Å². The molecule has 0 aliphatic heterocycles. The van der Waals surface area contributed by atoms with E-state index in [1.165, 1.54) is 6.92 Å². The first-order valence-corrected chi connectivity index (χ1v) is 8.11. The van der Waals surface area contributed by atoms with Crippen LogP contribution in [0.5, 0.6) is 0 Å². The van der Waals surface area contributed by atoms with Gasteiger partial charge >= 0.3 is 5.97 Å². The summed E-state index contributed by atoms with van der Waals surface area (Å²) in [5.74, 6) is -1.23. The van der Waals surface area contributed by atoms with Crippen LogP contribution < -0.4 is 5.32 Å². The third-order valence-corrected chi connectivity index (χ3v) is 3.84. The lowest BCUT2D eigenvalue weighted by Crippen LogP contribution is -2.31. The number of nitriles is 1. The van der Waals surface area contributed by atoms with E-state index in [1.54, 1.807) is 24.3 Å². The van der Waals surface area contributed by atoms with Gasteiger partial charge in [-0.15, -0.1) is 0 Å². The van der Waals surface area contributed by atoms with Gasteiger partial charge in [0.15, 0.2) is 6.10 Å². The molecule has 0 aliphatic rings. The highest BCUT2D eigenvalue weighted by atomic mass is 16.5. The second-order valence-corrected chi connectivity index (χ2v) is 5.63. The van der Waals surface area contributed by atoms with Gasteiger partial charge in [0, 0.05) is 5.69 Å². The summed E-state index contributed by atoms with van der Waals surface area (Å²) >= 11 is 0. The van der Waals surface area contributed by atoms with E-state index in [0.29, 0.717) is 17.7 Å². The fraction of sp³-hybridized carbons (Fsp3) is 0.250. The van der Waals surface area contributed by atoms with Gasteiger partial charge in [-0.3, -0.25) is 9.59 Å². The van der Waals surface area contributed by atoms with Crippen LogP contribution in [-0.2, 0) is 14.3 Å². The summed E-state index contributed by atoms with van der Waals surface area (Å²) in [6.45, 7) is 3.44. The molecule has 0 radical (unpaired) electrons. The fourth-order valence-electron chi connectivity index (χ4n) is 2.41. The Bertz CT molecular complexity index is 764. The first-order valence-electron chi connectivity index (χ1n) is 8.11. The average Bonchev–Trinajstić information content (AvgIpc) is 2.63. The second kappa shape index (κ2) is 8.65. The smallest absolute Gasteiger partial charge is 0.314 e. The van der Waals surface area contributed by atoms with Crippen LogP contribution in [0.15, 0.2) is 54.6 Å². The maximum atomic E-state index is 12.4. The van der Waals surface area contributed by atoms with Crippen molar-refractivity contribution in [1.29, 1.82) is 5.26 Å². The molecule has 0 fully saturated rings. The number of hydrogen-bond acceptors (Lipinski definition) is 4. The maximum Gasteiger partial charge on any atom is 0.314 e. The predicted molar refractivity (Wildman–Crippen MR) is 94.8 cm³/mol. The Hall–Kier alpha value is -3.13. The molecule has 0 spiro atoms. The van der Waals surface area contributed by atoms with Crippen molar-refractivity contribution in [2.45, 2.75) is 32.3 Å². The van der Waals surface area contributed by atoms with Gasteiger partial charge in [0.1, 0.15) is 0 Å². The lowest BCUT2D eigenvalue weighted by Gasteiger charge is -2.18. The van der Waals surface area contributed by atoms with Crippen molar-refractivity contribution in [2.75, 3.05) is 5.32 Å². The zero-order valence-electron chi connectivity index (χ0n) is 14.2. The van der Waals surface area contributed by atoms with E-state index in [4.69, 9.17) is 10.00 Å². The topological polar surface area (TPSA) is 79.2 Å². The van der Waals surface area contributed by atoms with E-state index in [-0.39, 0.29) is 0 Å². The normalized spacial score (nSPS) is 12.5. The summed E-state index contributed by atoms with van der Waals surface area (Å²) in [7, 11) is 0. The van der Waals surface area contributed by atoms with Crippen LogP contribution in [0.2, 0.25) is 0 Å². The molecule has 0 heterocycles. The lowest BCUT2D eigenvalue weighted by atomic mass is 9.97. The number of nitrogens with zero attached hydrogens (tertiary/aromatic N) is 1. The fourth-order valence-corrected chi connectivity index (χ4v) is 2.41. The van der Waals surface area contributed by atoms with Gasteiger partial charge in [-0.25, -0.2) is 0 Å². The van der Waals surface area contributed by atoms with Gasteiger partial charge in [0.2, 0.25) is 0 Å². The van der Waals surface area contributed by atoms with Crippen LogP contribution in [0.3, 0.4) is 0 Å². The summed E-state index contributed by atoms with van der Waals surface area (Å²) in [4.78, 5) is 24.6. The molecule has 5 nitrogen and oxygen atoms in total. The highest BCUT2D eigenvalue weighted by Gasteiger charge is 2.25. The molecule has 0 aliphatic carbocycles. The molecule has 1 amide bonds. The molecule has 25 heavy (non-hydrogen) atoms. The third kappa shape index (κ3) is 4.92. The summed E-state index contributed by atoms with van der Waals surface area (Å²) in [5, 5.41) is 11.4. The number of rotatable bonds is 6. The van der Waals surface area contributed by atoms with Crippen LogP contribution in [0.4, 0.5) is 5.69 Å². The van der Waals surface area contributed by atoms with Gasteiger partial charge in [-0.2, -0.15) is 5.26 Å². The Morgan fingerprint density at radius 1 is 1.12 bits per heavy atom. The second-order valence-electron chi connectivity index (χ2n) is 5.63. The number of esters is 1. The minimum atomic E-state index is -0.916. The van der Waals surface area contributed by atoms with E-state index < -0.39 is 23.9 Å². The molecule has 1 N–H and O–H groups in total. The molecule has 2 aromatic rings. The first-order chi connectivity index (χ1) is 12.0. The van der Waals surface area contributed by atoms with Gasteiger partial charge in [-0.1, -0.05) is 37.3 Å². The van der Waals surface area contributed by atoms with Gasteiger partial charge in [0.05, 0.1) is 17.6 Å². The average molecular weight is 336 g/mol. The number of nitrogens with one attached hydrogen (secondary N) is 1. The monoisotopic (exact) mass is 336 g/mol. The minimum absolute atomic E-state index is 0.397. The number of hydrogen-bond donors (Lipinski definition) is 1. The summed E-state index contributed by atoms with van der Waals surface area (Å²) in [6, 6.07) is 17.8. The number of benzene rings is 2. The molecule has 0 saturated heterocycles. The minimum Gasteiger partial charge on any atom is -0.452 e. The highest BCUT2D eigenvalue weighted by molar-refractivity contribution is 5.95. The summed E-state index contributed by atoms with van der Waals surface area (Å²) < 4.78 is 5.33. The number of carbonyl (C=O) groups is 2. The molecule has 0 bridgehead atoms. The Morgan fingerprint density at radius 2 is 1.76 bits per heavy atom. The van der Waals surface area contributed by atoms with E-state index in [2.05, 4.69) is 5.32 Å². The van der Waals surface area contributed by atoms with Crippen LogP contribution in [-0.4, -0.2) is 18.0 Å². The molecule has 0 saturated carbocycles. The highest BCUT2D eigenvalue weighted by Crippen LogP contribution is 2.21. The van der Waals surface area contributed by atoms with Crippen molar-refractivity contribution in [1.82, 2.24) is 0 Å². The van der Waals surface area contributed by atoms with Gasteiger partial charge in [0.25, 0.3) is 5.91 Å². The van der Waals surface area contributed by atoms with E-state index >= 15 is 0 Å². The van der Waals surface area contributed by atoms with Crippen molar-refractivity contribution in [2.24, 2.45) is 0 Å². The largest absolute Gasteiger partial charge is 0.452 e. The summed E-state index contributed by atoms with van der Waals surface area (Å²) in [6.07, 6.45) is -0.326. The Kier molecular flexibility index (Phi) is 6.30. The quantitative estimate of drug-likeness (QED) is 0.817. The molecular formula is C20H20N2O3. The van der Waals surface area contributed by atoms with Crippen LogP contribution in [0.1, 0.15) is 37.3 Å². The maximum absolute atomic E-state index is 12.4. The van der Waals surface area contributed by atoms with Crippen molar-refractivity contribution in [3.05, 3.63) is 65.7 Å². The van der Waals surface area contributed by atoms with Crippen LogP contribution in [0, 0.1) is 11.3 Å². The van der Waals surface area contributed by atoms with E-state index in [0.717, 1.165) is 5.56 Å². The number of carbonyl (C=O) groups excluding carboxylic acids is 2. The van der Waals surface area contributed by atoms with Crippen molar-refractivity contribution < 1.29 is 14.3 Å². The predicted octanol–water partition coefficient (Wildman–Crippen LogP) is 3.62. The zero-order chi connectivity index (χ0) is 18.2. The Balaban J connectivity index is 1.97. The number of ether oxygens (including phenoxy) is 1. The molecule has 2 aromatic carbocycles. The standard InChI is InChI=1S/C20H20N2O3/c1-3-18(16-7-5-4-6-8-16)20(24)25-14(2)19(23)22-17-11-9-15(13-21)10-12-17/h4-12,14,18H,3H2,1-2H3,(H,22,23)/t14-,18+/m1/s1. The van der Waals surface area contributed by atoms with E-state index in [1.807, 2.05) is 43.3 Å². The lowest BCUT2D eigenvalue weighted by molar-refractivity contribution is -0.154. The molecule has 2 atom stereocenters. The third-order valence-electron chi connectivity index (χ3n) is 3.84. The Morgan fingerprint density at radius 3 is 2.32 bits per heavy atom. The molecule has 5 heteroatoms.